The van der Waals surface area contributed by atoms with Gasteiger partial charge in [-0.25, -0.2) is 9.07 Å². The fourth-order valence-corrected chi connectivity index (χ4v) is 2.50. The van der Waals surface area contributed by atoms with Crippen LogP contribution in [0.2, 0.25) is 0 Å². The smallest absolute Gasteiger partial charge is 0.275 e. The quantitative estimate of drug-likeness (QED) is 0.805. The average molecular weight is 325 g/mol. The van der Waals surface area contributed by atoms with Crippen LogP contribution in [0.1, 0.15) is 18.5 Å². The third kappa shape index (κ3) is 2.90. The van der Waals surface area contributed by atoms with Gasteiger partial charge in [-0.05, 0) is 43.7 Å². The van der Waals surface area contributed by atoms with Crippen LogP contribution in [0.4, 0.5) is 10.1 Å². The van der Waals surface area contributed by atoms with Crippen molar-refractivity contribution >= 4 is 22.4 Å². The Hall–Kier alpha value is -3.02. The van der Waals surface area contributed by atoms with Gasteiger partial charge in [0.1, 0.15) is 11.9 Å². The van der Waals surface area contributed by atoms with Gasteiger partial charge < -0.3 is 5.32 Å². The van der Waals surface area contributed by atoms with Crippen LogP contribution in [-0.2, 0) is 4.79 Å². The van der Waals surface area contributed by atoms with Gasteiger partial charge >= 0.3 is 0 Å². The lowest BCUT2D eigenvalue weighted by Gasteiger charge is -2.15. The Morgan fingerprint density at radius 3 is 2.75 bits per heavy atom. The first kappa shape index (κ1) is 15.9. The fourth-order valence-electron chi connectivity index (χ4n) is 2.50. The van der Waals surface area contributed by atoms with Gasteiger partial charge in [0, 0.05) is 11.1 Å². The normalized spacial score (nSPS) is 12.1. The van der Waals surface area contributed by atoms with E-state index in [0.29, 0.717) is 16.6 Å². The standard InChI is InChI=1S/C18H16FN3O2/c1-11-9-14(19)7-8-16(11)21-17(23)12(2)22-18(24)15-6-4-3-5-13(15)10-20-22/h3-10,12H,1-2H3,(H,21,23). The van der Waals surface area contributed by atoms with E-state index in [4.69, 9.17) is 0 Å². The molecule has 0 radical (unpaired) electrons. The maximum atomic E-state index is 13.1. The Morgan fingerprint density at radius 2 is 2.00 bits per heavy atom. The van der Waals surface area contributed by atoms with Crippen molar-refractivity contribution in [2.45, 2.75) is 19.9 Å². The van der Waals surface area contributed by atoms with E-state index in [1.165, 1.54) is 18.2 Å². The number of hydrogen-bond acceptors (Lipinski definition) is 3. The summed E-state index contributed by atoms with van der Waals surface area (Å²) < 4.78 is 14.3. The number of aryl methyl sites for hydroxylation is 1. The molecule has 1 N–H and O–H groups in total. The largest absolute Gasteiger partial charge is 0.324 e. The molecule has 1 atom stereocenters. The molecule has 24 heavy (non-hydrogen) atoms. The van der Waals surface area contributed by atoms with Gasteiger partial charge in [-0.1, -0.05) is 18.2 Å². The third-order valence-electron chi connectivity index (χ3n) is 3.91. The van der Waals surface area contributed by atoms with Crippen LogP contribution in [0.15, 0.2) is 53.5 Å². The molecule has 1 amide bonds. The van der Waals surface area contributed by atoms with Crippen LogP contribution >= 0.6 is 0 Å². The molecule has 122 valence electrons. The molecule has 2 aromatic carbocycles. The van der Waals surface area contributed by atoms with Gasteiger partial charge in [0.25, 0.3) is 5.56 Å². The van der Waals surface area contributed by atoms with E-state index < -0.39 is 11.9 Å². The van der Waals surface area contributed by atoms with Crippen LogP contribution in [0, 0.1) is 12.7 Å². The molecule has 5 nitrogen and oxygen atoms in total. The number of rotatable bonds is 3. The molecule has 0 aliphatic carbocycles. The Bertz CT molecular complexity index is 981. The molecule has 0 aliphatic rings. The summed E-state index contributed by atoms with van der Waals surface area (Å²) in [6.07, 6.45) is 1.56. The SMILES string of the molecule is Cc1cc(F)ccc1NC(=O)C(C)n1ncc2ccccc2c1=O. The highest BCUT2D eigenvalue weighted by Gasteiger charge is 2.19. The van der Waals surface area contributed by atoms with Gasteiger partial charge in [0.15, 0.2) is 0 Å². The summed E-state index contributed by atoms with van der Waals surface area (Å²) in [6, 6.07) is 10.4. The average Bonchev–Trinajstić information content (AvgIpc) is 2.57. The van der Waals surface area contributed by atoms with Crippen LogP contribution in [-0.4, -0.2) is 15.7 Å². The summed E-state index contributed by atoms with van der Waals surface area (Å²) in [4.78, 5) is 24.9. The first-order valence-corrected chi connectivity index (χ1v) is 7.51. The highest BCUT2D eigenvalue weighted by atomic mass is 19.1. The minimum atomic E-state index is -0.799. The van der Waals surface area contributed by atoms with Crippen LogP contribution in [0.5, 0.6) is 0 Å². The molecule has 1 aromatic heterocycles. The van der Waals surface area contributed by atoms with Crippen molar-refractivity contribution < 1.29 is 9.18 Å². The number of hydrogen-bond donors (Lipinski definition) is 1. The van der Waals surface area contributed by atoms with Gasteiger partial charge in [0.2, 0.25) is 5.91 Å². The highest BCUT2D eigenvalue weighted by molar-refractivity contribution is 5.94. The Labute approximate surface area is 137 Å². The summed E-state index contributed by atoms with van der Waals surface area (Å²) in [5, 5.41) is 8.02. The van der Waals surface area contributed by atoms with E-state index in [-0.39, 0.29) is 11.4 Å². The number of carbonyl (C=O) groups is 1. The lowest BCUT2D eigenvalue weighted by molar-refractivity contribution is -0.119. The number of anilines is 1. The van der Waals surface area contributed by atoms with E-state index in [2.05, 4.69) is 10.4 Å². The molecule has 0 aliphatic heterocycles. The Morgan fingerprint density at radius 1 is 1.25 bits per heavy atom. The summed E-state index contributed by atoms with van der Waals surface area (Å²) in [6.45, 7) is 3.29. The molecule has 3 rings (SSSR count). The zero-order valence-corrected chi connectivity index (χ0v) is 13.3. The zero-order chi connectivity index (χ0) is 17.3. The molecule has 0 saturated carbocycles. The predicted octanol–water partition coefficient (Wildman–Crippen LogP) is 3.04. The maximum absolute atomic E-state index is 13.1. The lowest BCUT2D eigenvalue weighted by atomic mass is 10.2. The minimum absolute atomic E-state index is 0.327. The maximum Gasteiger partial charge on any atom is 0.275 e. The fraction of sp³-hybridized carbons (Fsp3) is 0.167. The number of aromatic nitrogens is 2. The van der Waals surface area contributed by atoms with Gasteiger partial charge in [0.05, 0.1) is 11.6 Å². The summed E-state index contributed by atoms with van der Waals surface area (Å²) >= 11 is 0. The van der Waals surface area contributed by atoms with Gasteiger partial charge in [-0.15, -0.1) is 0 Å². The topological polar surface area (TPSA) is 64.0 Å². The number of fused-ring (bicyclic) bond motifs is 1. The van der Waals surface area contributed by atoms with Gasteiger partial charge in [-0.2, -0.15) is 5.10 Å². The second-order valence-corrected chi connectivity index (χ2v) is 5.61. The molecule has 3 aromatic rings. The molecule has 1 unspecified atom stereocenters. The molecular formula is C18H16FN3O2. The van der Waals surface area contributed by atoms with E-state index in [0.717, 1.165) is 10.1 Å². The number of amides is 1. The molecule has 1 heterocycles. The number of halogens is 1. The predicted molar refractivity (Wildman–Crippen MR) is 90.5 cm³/mol. The third-order valence-corrected chi connectivity index (χ3v) is 3.91. The summed E-state index contributed by atoms with van der Waals surface area (Å²) in [5.41, 5.74) is 0.781. The zero-order valence-electron chi connectivity index (χ0n) is 13.3. The molecule has 6 heteroatoms. The van der Waals surface area contributed by atoms with Crippen molar-refractivity contribution in [2.24, 2.45) is 0 Å². The molecule has 0 bridgehead atoms. The van der Waals surface area contributed by atoms with E-state index >= 15 is 0 Å². The molecule has 0 spiro atoms. The molecule has 0 fully saturated rings. The van der Waals surface area contributed by atoms with Crippen LogP contribution in [0.25, 0.3) is 10.8 Å². The van der Waals surface area contributed by atoms with E-state index in [1.807, 2.05) is 6.07 Å². The van der Waals surface area contributed by atoms with Crippen molar-refractivity contribution in [1.82, 2.24) is 9.78 Å². The van der Waals surface area contributed by atoms with Crippen molar-refractivity contribution in [1.29, 1.82) is 0 Å². The Balaban J connectivity index is 1.91. The molecular weight excluding hydrogens is 309 g/mol. The highest BCUT2D eigenvalue weighted by Crippen LogP contribution is 2.17. The van der Waals surface area contributed by atoms with Gasteiger partial charge in [-0.3, -0.25) is 9.59 Å². The first-order chi connectivity index (χ1) is 11.5. The lowest BCUT2D eigenvalue weighted by Crippen LogP contribution is -2.33. The summed E-state index contributed by atoms with van der Waals surface area (Å²) in [7, 11) is 0. The van der Waals surface area contributed by atoms with Crippen molar-refractivity contribution in [3.05, 3.63) is 70.4 Å². The van der Waals surface area contributed by atoms with E-state index in [9.17, 15) is 14.0 Å². The van der Waals surface area contributed by atoms with Crippen molar-refractivity contribution in [2.75, 3.05) is 5.32 Å². The van der Waals surface area contributed by atoms with Crippen LogP contribution < -0.4 is 10.9 Å². The van der Waals surface area contributed by atoms with Crippen LogP contribution in [0.3, 0.4) is 0 Å². The second kappa shape index (κ2) is 6.23. The van der Waals surface area contributed by atoms with E-state index in [1.54, 1.807) is 38.2 Å². The molecule has 0 saturated heterocycles. The first-order valence-electron chi connectivity index (χ1n) is 7.51. The Kier molecular flexibility index (Phi) is 4.12. The number of nitrogens with one attached hydrogen (secondary N) is 1. The second-order valence-electron chi connectivity index (χ2n) is 5.61. The monoisotopic (exact) mass is 325 g/mol. The number of benzene rings is 2. The van der Waals surface area contributed by atoms with Crippen molar-refractivity contribution in [3.63, 3.8) is 0 Å². The summed E-state index contributed by atoms with van der Waals surface area (Å²) in [5.74, 6) is -0.763. The number of carbonyl (C=O) groups excluding carboxylic acids is 1. The number of nitrogens with zero attached hydrogens (tertiary/aromatic N) is 2. The van der Waals surface area contributed by atoms with Crippen molar-refractivity contribution in [3.8, 4) is 0 Å². The minimum Gasteiger partial charge on any atom is -0.324 e.